The van der Waals surface area contributed by atoms with Crippen LogP contribution < -0.4 is 5.32 Å². The molecule has 1 aromatic rings. The van der Waals surface area contributed by atoms with Crippen LogP contribution in [-0.4, -0.2) is 22.4 Å². The molecule has 0 unspecified atom stereocenters. The molecular weight excluding hydrogens is 405 g/mol. The van der Waals surface area contributed by atoms with Gasteiger partial charge in [-0.1, -0.05) is 47.0 Å². The van der Waals surface area contributed by atoms with E-state index < -0.39 is 0 Å². The number of amides is 1. The van der Waals surface area contributed by atoms with Gasteiger partial charge in [-0.25, -0.2) is 0 Å². The maximum Gasteiger partial charge on any atom is 0.263 e. The number of hydrogen-bond donors (Lipinski definition) is 1. The molecule has 0 fully saturated rings. The van der Waals surface area contributed by atoms with Crippen molar-refractivity contribution in [3.8, 4) is 0 Å². The first-order valence-electron chi connectivity index (χ1n) is 6.65. The lowest BCUT2D eigenvalue weighted by Crippen LogP contribution is -2.11. The van der Waals surface area contributed by atoms with E-state index in [1.54, 1.807) is 35.9 Å². The van der Waals surface area contributed by atoms with Gasteiger partial charge in [0.15, 0.2) is 0 Å². The molecule has 23 heavy (non-hydrogen) atoms. The standard InChI is InChI=1S/C14H10N2OS6/c17-10(16-8-2-1-3-15-6-8)9-7-20-13(21-9)14-22-11-12(23-14)19-5-4-18-11/h1-3,6-7H,4-5H2,(H,16,17). The number of aromatic nitrogens is 1. The minimum Gasteiger partial charge on any atom is -0.320 e. The number of carbonyl (C=O) groups excluding carboxylic acids is 1. The molecule has 9 heteroatoms. The highest BCUT2D eigenvalue weighted by molar-refractivity contribution is 8.43. The fourth-order valence-corrected chi connectivity index (χ4v) is 10.3. The summed E-state index contributed by atoms with van der Waals surface area (Å²) < 4.78 is 5.39. The molecule has 0 saturated carbocycles. The zero-order chi connectivity index (χ0) is 15.6. The van der Waals surface area contributed by atoms with Gasteiger partial charge >= 0.3 is 0 Å². The maximum absolute atomic E-state index is 12.3. The predicted molar refractivity (Wildman–Crippen MR) is 110 cm³/mol. The first-order chi connectivity index (χ1) is 11.3. The Morgan fingerprint density at radius 3 is 2.52 bits per heavy atom. The molecule has 4 rings (SSSR count). The molecule has 3 aliphatic heterocycles. The van der Waals surface area contributed by atoms with Crippen LogP contribution in [0.25, 0.3) is 0 Å². The quantitative estimate of drug-likeness (QED) is 0.675. The summed E-state index contributed by atoms with van der Waals surface area (Å²) in [4.78, 5) is 17.1. The van der Waals surface area contributed by atoms with E-state index in [-0.39, 0.29) is 5.91 Å². The molecule has 1 aromatic heterocycles. The molecule has 0 aliphatic carbocycles. The highest BCUT2D eigenvalue weighted by Gasteiger charge is 2.30. The average Bonchev–Trinajstić information content (AvgIpc) is 3.22. The molecule has 0 spiro atoms. The van der Waals surface area contributed by atoms with Crippen LogP contribution in [0.5, 0.6) is 0 Å². The van der Waals surface area contributed by atoms with E-state index in [0.717, 1.165) is 10.6 Å². The van der Waals surface area contributed by atoms with Crippen molar-refractivity contribution in [3.63, 3.8) is 0 Å². The predicted octanol–water partition coefficient (Wildman–Crippen LogP) is 5.55. The molecule has 0 aromatic carbocycles. The lowest BCUT2D eigenvalue weighted by molar-refractivity contribution is -0.112. The van der Waals surface area contributed by atoms with Gasteiger partial charge in [0.1, 0.15) is 0 Å². The molecular formula is C14H10N2OS6. The van der Waals surface area contributed by atoms with Gasteiger partial charge in [0.2, 0.25) is 0 Å². The van der Waals surface area contributed by atoms with Crippen molar-refractivity contribution >= 4 is 82.2 Å². The van der Waals surface area contributed by atoms with Crippen molar-refractivity contribution in [2.24, 2.45) is 0 Å². The van der Waals surface area contributed by atoms with Crippen LogP contribution in [0.3, 0.4) is 0 Å². The summed E-state index contributed by atoms with van der Waals surface area (Å²) in [5.41, 5.74) is 0.722. The van der Waals surface area contributed by atoms with Crippen LogP contribution in [-0.2, 0) is 4.79 Å². The highest BCUT2D eigenvalue weighted by atomic mass is 32.3. The zero-order valence-corrected chi connectivity index (χ0v) is 16.5. The van der Waals surface area contributed by atoms with E-state index in [9.17, 15) is 4.79 Å². The Labute approximate surface area is 159 Å². The molecule has 0 radical (unpaired) electrons. The van der Waals surface area contributed by atoms with Crippen molar-refractivity contribution in [2.75, 3.05) is 16.8 Å². The summed E-state index contributed by atoms with van der Waals surface area (Å²) >= 11 is 10.8. The Morgan fingerprint density at radius 2 is 1.83 bits per heavy atom. The molecule has 1 N–H and O–H groups in total. The van der Waals surface area contributed by atoms with Gasteiger partial charge in [-0.15, -0.1) is 23.5 Å². The van der Waals surface area contributed by atoms with Crippen LogP contribution >= 0.6 is 70.6 Å². The molecule has 1 amide bonds. The molecule has 0 saturated heterocycles. The number of thioether (sulfide) groups is 6. The second-order valence-corrected chi connectivity index (χ2v) is 11.7. The van der Waals surface area contributed by atoms with Gasteiger partial charge in [0.05, 0.1) is 33.7 Å². The average molecular weight is 415 g/mol. The molecule has 0 bridgehead atoms. The van der Waals surface area contributed by atoms with E-state index >= 15 is 0 Å². The van der Waals surface area contributed by atoms with Crippen LogP contribution in [0.4, 0.5) is 5.69 Å². The van der Waals surface area contributed by atoms with Crippen LogP contribution in [0.15, 0.2) is 51.8 Å². The zero-order valence-electron chi connectivity index (χ0n) is 11.6. The number of pyridine rings is 1. The minimum atomic E-state index is -0.0689. The van der Waals surface area contributed by atoms with Gasteiger partial charge in [0, 0.05) is 17.7 Å². The molecule has 3 nitrogen and oxygen atoms in total. The fraction of sp³-hybridized carbons (Fsp3) is 0.143. The van der Waals surface area contributed by atoms with E-state index in [1.807, 2.05) is 64.6 Å². The van der Waals surface area contributed by atoms with E-state index in [4.69, 9.17) is 0 Å². The summed E-state index contributed by atoms with van der Waals surface area (Å²) in [5.74, 6) is 2.31. The third kappa shape index (κ3) is 3.80. The monoisotopic (exact) mass is 414 g/mol. The molecule has 4 heterocycles. The van der Waals surface area contributed by atoms with E-state index in [1.165, 1.54) is 28.5 Å². The second kappa shape index (κ2) is 7.45. The van der Waals surface area contributed by atoms with Crippen molar-refractivity contribution in [1.29, 1.82) is 0 Å². The Morgan fingerprint density at radius 1 is 1.04 bits per heavy atom. The van der Waals surface area contributed by atoms with Crippen LogP contribution in [0, 0.1) is 0 Å². The summed E-state index contributed by atoms with van der Waals surface area (Å²) in [6.07, 6.45) is 3.34. The number of nitrogens with one attached hydrogen (secondary N) is 1. The summed E-state index contributed by atoms with van der Waals surface area (Å²) in [5, 5.41) is 4.83. The lowest BCUT2D eigenvalue weighted by atomic mass is 10.4. The van der Waals surface area contributed by atoms with Gasteiger partial charge < -0.3 is 5.32 Å². The summed E-state index contributed by atoms with van der Waals surface area (Å²) in [6, 6.07) is 3.65. The first kappa shape index (κ1) is 16.4. The maximum atomic E-state index is 12.3. The van der Waals surface area contributed by atoms with Crippen molar-refractivity contribution < 1.29 is 4.79 Å². The Bertz CT molecular complexity index is 723. The summed E-state index contributed by atoms with van der Waals surface area (Å²) in [7, 11) is 0. The van der Waals surface area contributed by atoms with Crippen molar-refractivity contribution in [1.82, 2.24) is 4.98 Å². The lowest BCUT2D eigenvalue weighted by Gasteiger charge is -2.08. The number of nitrogens with zero attached hydrogens (tertiary/aromatic N) is 1. The Kier molecular flexibility index (Phi) is 5.31. The number of anilines is 1. The summed E-state index contributed by atoms with van der Waals surface area (Å²) in [6.45, 7) is 0. The smallest absolute Gasteiger partial charge is 0.263 e. The number of rotatable bonds is 2. The number of hydrogen-bond acceptors (Lipinski definition) is 8. The van der Waals surface area contributed by atoms with Gasteiger partial charge in [-0.3, -0.25) is 9.78 Å². The fourth-order valence-electron chi connectivity index (χ4n) is 1.88. The normalized spacial score (nSPS) is 20.6. The van der Waals surface area contributed by atoms with Crippen LogP contribution in [0.1, 0.15) is 0 Å². The Hall–Kier alpha value is -0.0600. The van der Waals surface area contributed by atoms with Gasteiger partial charge in [0.25, 0.3) is 5.91 Å². The topological polar surface area (TPSA) is 42.0 Å². The first-order valence-corrected chi connectivity index (χ1v) is 12.0. The van der Waals surface area contributed by atoms with Gasteiger partial charge in [-0.05, 0) is 17.5 Å². The van der Waals surface area contributed by atoms with E-state index in [0.29, 0.717) is 0 Å². The minimum absolute atomic E-state index is 0.0689. The highest BCUT2D eigenvalue weighted by Crippen LogP contribution is 2.63. The second-order valence-electron chi connectivity index (χ2n) is 4.45. The van der Waals surface area contributed by atoms with Crippen LogP contribution in [0.2, 0.25) is 0 Å². The molecule has 3 aliphatic rings. The van der Waals surface area contributed by atoms with Gasteiger partial charge in [-0.2, -0.15) is 0 Å². The van der Waals surface area contributed by atoms with Crippen molar-refractivity contribution in [3.05, 3.63) is 51.8 Å². The number of carbonyl (C=O) groups is 1. The SMILES string of the molecule is O=C(Nc1cccnc1)C1=CSC(=C2SC3=C(SCCS3)S2)S1. The van der Waals surface area contributed by atoms with Crippen molar-refractivity contribution in [2.45, 2.75) is 0 Å². The third-order valence-electron chi connectivity index (χ3n) is 2.87. The molecule has 0 atom stereocenters. The molecule has 118 valence electrons. The largest absolute Gasteiger partial charge is 0.320 e. The Balaban J connectivity index is 1.41. The third-order valence-corrected chi connectivity index (χ3v) is 11.6. The van der Waals surface area contributed by atoms with E-state index in [2.05, 4.69) is 10.3 Å².